The number of ketones is 1. The Morgan fingerprint density at radius 3 is 2.33 bits per heavy atom. The molecule has 1 aromatic carbocycles. The molecule has 0 saturated heterocycles. The van der Waals surface area contributed by atoms with Crippen LogP contribution in [-0.2, 0) is 4.74 Å². The zero-order valence-electron chi connectivity index (χ0n) is 16.1. The maximum Gasteiger partial charge on any atom is 0.355 e. The minimum Gasteiger partial charge on any atom is -0.461 e. The fourth-order valence-corrected chi connectivity index (χ4v) is 2.88. The van der Waals surface area contributed by atoms with Crippen LogP contribution in [0.1, 0.15) is 56.3 Å². The van der Waals surface area contributed by atoms with Crippen LogP contribution in [0.15, 0.2) is 24.3 Å². The number of esters is 1. The zero-order chi connectivity index (χ0) is 20.3. The van der Waals surface area contributed by atoms with Gasteiger partial charge in [0.25, 0.3) is 5.91 Å². The van der Waals surface area contributed by atoms with Crippen molar-refractivity contribution < 1.29 is 23.5 Å². The van der Waals surface area contributed by atoms with Crippen LogP contribution >= 0.6 is 0 Å². The first-order valence-corrected chi connectivity index (χ1v) is 8.62. The SMILES string of the molecule is CCOC(=O)c1[nH]c(C)c(C(=O)[C@@H](C)N(C)C(=O)c2ccc(F)cc2)c1C. The standard InChI is InChI=1S/C20H23FN2O4/c1-6-27-20(26)17-11(2)16(12(3)22-17)18(24)13(4)23(5)19(25)14-7-9-15(21)10-8-14/h7-10,13,22H,6H2,1-5H3/t13-/m1/s1. The first-order chi connectivity index (χ1) is 12.7. The van der Waals surface area contributed by atoms with Gasteiger partial charge < -0.3 is 14.6 Å². The number of carbonyl (C=O) groups excluding carboxylic acids is 3. The molecule has 2 rings (SSSR count). The average Bonchev–Trinajstić information content (AvgIpc) is 2.94. The highest BCUT2D eigenvalue weighted by molar-refractivity contribution is 6.07. The predicted octanol–water partition coefficient (Wildman–Crippen LogP) is 3.29. The number of aromatic nitrogens is 1. The van der Waals surface area contributed by atoms with E-state index in [2.05, 4.69) is 4.98 Å². The Morgan fingerprint density at radius 1 is 1.19 bits per heavy atom. The molecule has 1 atom stereocenters. The van der Waals surface area contributed by atoms with Crippen LogP contribution in [0.3, 0.4) is 0 Å². The second-order valence-electron chi connectivity index (χ2n) is 6.31. The van der Waals surface area contributed by atoms with Crippen LogP contribution in [0.4, 0.5) is 4.39 Å². The molecule has 1 heterocycles. The number of H-pyrrole nitrogens is 1. The number of hydrogen-bond donors (Lipinski definition) is 1. The molecule has 7 heteroatoms. The number of amides is 1. The van der Waals surface area contributed by atoms with E-state index in [0.717, 1.165) is 0 Å². The van der Waals surface area contributed by atoms with E-state index in [-0.39, 0.29) is 23.6 Å². The molecule has 2 aromatic rings. The highest BCUT2D eigenvalue weighted by Crippen LogP contribution is 2.22. The number of aryl methyl sites for hydroxylation is 1. The molecule has 0 aliphatic carbocycles. The monoisotopic (exact) mass is 374 g/mol. The Morgan fingerprint density at radius 2 is 1.78 bits per heavy atom. The summed E-state index contributed by atoms with van der Waals surface area (Å²) in [6.07, 6.45) is 0. The molecule has 0 aliphatic heterocycles. The van der Waals surface area contributed by atoms with E-state index >= 15 is 0 Å². The molecule has 144 valence electrons. The van der Waals surface area contributed by atoms with E-state index in [9.17, 15) is 18.8 Å². The quantitative estimate of drug-likeness (QED) is 0.622. The molecule has 0 radical (unpaired) electrons. The molecule has 0 saturated carbocycles. The Bertz CT molecular complexity index is 871. The van der Waals surface area contributed by atoms with Gasteiger partial charge in [-0.1, -0.05) is 0 Å². The summed E-state index contributed by atoms with van der Waals surface area (Å²) < 4.78 is 18.0. The molecule has 0 bridgehead atoms. The summed E-state index contributed by atoms with van der Waals surface area (Å²) >= 11 is 0. The molecular formula is C20H23FN2O4. The first-order valence-electron chi connectivity index (χ1n) is 8.62. The van der Waals surface area contributed by atoms with Crippen molar-refractivity contribution in [1.29, 1.82) is 0 Å². The summed E-state index contributed by atoms with van der Waals surface area (Å²) in [6, 6.07) is 4.36. The van der Waals surface area contributed by atoms with Crippen molar-refractivity contribution in [2.45, 2.75) is 33.7 Å². The van der Waals surface area contributed by atoms with Crippen molar-refractivity contribution in [2.24, 2.45) is 0 Å². The zero-order valence-corrected chi connectivity index (χ0v) is 16.1. The molecular weight excluding hydrogens is 351 g/mol. The van der Waals surface area contributed by atoms with Crippen LogP contribution in [0.25, 0.3) is 0 Å². The second kappa shape index (κ2) is 8.16. The lowest BCUT2D eigenvalue weighted by Gasteiger charge is -2.24. The Hall–Kier alpha value is -2.96. The molecule has 0 spiro atoms. The van der Waals surface area contributed by atoms with Crippen LogP contribution in [0.5, 0.6) is 0 Å². The van der Waals surface area contributed by atoms with Gasteiger partial charge in [0.05, 0.1) is 12.6 Å². The van der Waals surface area contributed by atoms with Gasteiger partial charge in [0.1, 0.15) is 11.5 Å². The minimum atomic E-state index is -0.772. The lowest BCUT2D eigenvalue weighted by molar-refractivity contribution is 0.0519. The summed E-state index contributed by atoms with van der Waals surface area (Å²) in [5.74, 6) is -1.66. The van der Waals surface area contributed by atoms with Crippen molar-refractivity contribution >= 4 is 17.7 Å². The Labute approximate surface area is 157 Å². The lowest BCUT2D eigenvalue weighted by atomic mass is 9.99. The summed E-state index contributed by atoms with van der Waals surface area (Å²) in [7, 11) is 1.51. The number of rotatable bonds is 6. The topological polar surface area (TPSA) is 79.5 Å². The van der Waals surface area contributed by atoms with Crippen LogP contribution in [0, 0.1) is 19.7 Å². The van der Waals surface area contributed by atoms with Gasteiger partial charge in [-0.05, 0) is 57.5 Å². The fraction of sp³-hybridized carbons (Fsp3) is 0.350. The molecule has 1 N–H and O–H groups in total. The maximum absolute atomic E-state index is 13.1. The third-order valence-corrected chi connectivity index (χ3v) is 4.54. The van der Waals surface area contributed by atoms with E-state index in [4.69, 9.17) is 4.74 Å². The van der Waals surface area contributed by atoms with Gasteiger partial charge in [-0.2, -0.15) is 0 Å². The number of likely N-dealkylation sites (N-methyl/N-ethyl adjacent to an activating group) is 1. The third-order valence-electron chi connectivity index (χ3n) is 4.54. The number of aromatic amines is 1. The number of hydrogen-bond acceptors (Lipinski definition) is 4. The third kappa shape index (κ3) is 4.07. The van der Waals surface area contributed by atoms with Gasteiger partial charge in [0, 0.05) is 23.9 Å². The molecule has 27 heavy (non-hydrogen) atoms. The van der Waals surface area contributed by atoms with E-state index in [0.29, 0.717) is 16.8 Å². The van der Waals surface area contributed by atoms with E-state index < -0.39 is 23.7 Å². The second-order valence-corrected chi connectivity index (χ2v) is 6.31. The molecule has 1 aromatic heterocycles. The summed E-state index contributed by atoms with van der Waals surface area (Å²) in [4.78, 5) is 41.8. The number of carbonyl (C=O) groups is 3. The van der Waals surface area contributed by atoms with E-state index in [1.165, 1.54) is 36.2 Å². The highest BCUT2D eigenvalue weighted by atomic mass is 19.1. The highest BCUT2D eigenvalue weighted by Gasteiger charge is 2.29. The van der Waals surface area contributed by atoms with Gasteiger partial charge in [-0.15, -0.1) is 0 Å². The van der Waals surface area contributed by atoms with Crippen LogP contribution in [-0.4, -0.2) is 47.2 Å². The van der Waals surface area contributed by atoms with Gasteiger partial charge in [-0.3, -0.25) is 9.59 Å². The molecule has 0 aliphatic rings. The number of benzene rings is 1. The van der Waals surface area contributed by atoms with Gasteiger partial charge >= 0.3 is 5.97 Å². The largest absolute Gasteiger partial charge is 0.461 e. The molecule has 0 unspecified atom stereocenters. The average molecular weight is 374 g/mol. The predicted molar refractivity (Wildman–Crippen MR) is 98.5 cm³/mol. The number of ether oxygens (including phenoxy) is 1. The van der Waals surface area contributed by atoms with E-state index in [1.54, 1.807) is 27.7 Å². The van der Waals surface area contributed by atoms with Crippen molar-refractivity contribution in [2.75, 3.05) is 13.7 Å². The number of halogens is 1. The van der Waals surface area contributed by atoms with Crippen LogP contribution < -0.4 is 0 Å². The maximum atomic E-state index is 13.1. The van der Waals surface area contributed by atoms with Crippen molar-refractivity contribution in [3.8, 4) is 0 Å². The van der Waals surface area contributed by atoms with Crippen molar-refractivity contribution in [1.82, 2.24) is 9.88 Å². The Kier molecular flexibility index (Phi) is 6.15. The molecule has 0 fully saturated rings. The summed E-state index contributed by atoms with van der Waals surface area (Å²) in [5.41, 5.74) is 1.91. The minimum absolute atomic E-state index is 0.227. The number of nitrogens with zero attached hydrogens (tertiary/aromatic N) is 1. The van der Waals surface area contributed by atoms with E-state index in [1.807, 2.05) is 0 Å². The van der Waals surface area contributed by atoms with Gasteiger partial charge in [0.15, 0.2) is 5.78 Å². The number of Topliss-reactive ketones (excluding diaryl/α,β-unsaturated/α-hetero) is 1. The molecule has 6 nitrogen and oxygen atoms in total. The summed E-state index contributed by atoms with van der Waals surface area (Å²) in [5, 5.41) is 0. The van der Waals surface area contributed by atoms with Crippen molar-refractivity contribution in [3.05, 3.63) is 58.2 Å². The normalized spacial score (nSPS) is 11.8. The number of nitrogens with one attached hydrogen (secondary N) is 1. The Balaban J connectivity index is 2.27. The first kappa shape index (κ1) is 20.4. The van der Waals surface area contributed by atoms with Crippen LogP contribution in [0.2, 0.25) is 0 Å². The summed E-state index contributed by atoms with van der Waals surface area (Å²) in [6.45, 7) is 6.90. The fourth-order valence-electron chi connectivity index (χ4n) is 2.88. The molecule has 1 amide bonds. The van der Waals surface area contributed by atoms with Gasteiger partial charge in [-0.25, -0.2) is 9.18 Å². The lowest BCUT2D eigenvalue weighted by Crippen LogP contribution is -2.40. The van der Waals surface area contributed by atoms with Gasteiger partial charge in [0.2, 0.25) is 0 Å². The smallest absolute Gasteiger partial charge is 0.355 e. The van der Waals surface area contributed by atoms with Crippen molar-refractivity contribution in [3.63, 3.8) is 0 Å².